The molecule has 2 aromatic rings. The highest BCUT2D eigenvalue weighted by Gasteiger charge is 2.55. The summed E-state index contributed by atoms with van der Waals surface area (Å²) in [7, 11) is 1.52. The molecule has 2 fully saturated rings. The summed E-state index contributed by atoms with van der Waals surface area (Å²) in [4.78, 5) is 41.0. The molecule has 0 radical (unpaired) electrons. The van der Waals surface area contributed by atoms with Crippen LogP contribution < -0.4 is 10.1 Å². The van der Waals surface area contributed by atoms with Crippen molar-refractivity contribution < 1.29 is 23.5 Å². The van der Waals surface area contributed by atoms with E-state index in [2.05, 4.69) is 5.32 Å². The molecule has 1 spiro atoms. The number of methoxy groups -OCH3 is 1. The lowest BCUT2D eigenvalue weighted by Crippen LogP contribution is -2.49. The lowest BCUT2D eigenvalue weighted by Gasteiger charge is -2.22. The molecular weight excluding hydrogens is 377 g/mol. The first-order chi connectivity index (χ1) is 13.9. The number of ether oxygens (including phenoxy) is 1. The van der Waals surface area contributed by atoms with Crippen LogP contribution in [0.25, 0.3) is 0 Å². The van der Waals surface area contributed by atoms with Gasteiger partial charge >= 0.3 is 6.03 Å². The molecule has 0 aromatic heterocycles. The van der Waals surface area contributed by atoms with Gasteiger partial charge in [0.25, 0.3) is 11.8 Å². The number of carbonyl (C=O) groups is 3. The Bertz CT molecular complexity index is 978. The lowest BCUT2D eigenvalue weighted by atomic mass is 9.99. The fourth-order valence-electron chi connectivity index (χ4n) is 3.79. The third-order valence-electron chi connectivity index (χ3n) is 5.37. The summed E-state index contributed by atoms with van der Waals surface area (Å²) in [5.74, 6) is -0.405. The Kier molecular flexibility index (Phi) is 4.70. The van der Waals surface area contributed by atoms with Crippen molar-refractivity contribution in [3.05, 3.63) is 65.5 Å². The maximum Gasteiger partial charge on any atom is 0.325 e. The standard InChI is InChI=1S/C21H20FN3O4/c1-29-17-4-2-3-15(11-17)18(26)24-10-9-21(13-24)19(27)25(20(28)23-21)12-14-5-7-16(22)8-6-14/h2-8,11H,9-10,12-13H2,1H3,(H,23,28)/t21-/m1/s1. The maximum atomic E-state index is 13.1. The van der Waals surface area contributed by atoms with Gasteiger partial charge in [0, 0.05) is 12.1 Å². The van der Waals surface area contributed by atoms with Crippen LogP contribution in [0.15, 0.2) is 48.5 Å². The molecule has 4 rings (SSSR count). The zero-order chi connectivity index (χ0) is 20.6. The molecule has 2 aliphatic heterocycles. The molecule has 0 bridgehead atoms. The minimum Gasteiger partial charge on any atom is -0.497 e. The van der Waals surface area contributed by atoms with Gasteiger partial charge in [-0.2, -0.15) is 0 Å². The smallest absolute Gasteiger partial charge is 0.325 e. The number of likely N-dealkylation sites (tertiary alicyclic amines) is 1. The summed E-state index contributed by atoms with van der Waals surface area (Å²) >= 11 is 0. The predicted molar refractivity (Wildman–Crippen MR) is 102 cm³/mol. The Labute approximate surface area is 167 Å². The monoisotopic (exact) mass is 397 g/mol. The Morgan fingerprint density at radius 2 is 1.97 bits per heavy atom. The van der Waals surface area contributed by atoms with Crippen molar-refractivity contribution in [1.82, 2.24) is 15.1 Å². The van der Waals surface area contributed by atoms with E-state index in [1.54, 1.807) is 29.2 Å². The van der Waals surface area contributed by atoms with Crippen LogP contribution in [-0.2, 0) is 11.3 Å². The van der Waals surface area contributed by atoms with Crippen LogP contribution in [-0.4, -0.2) is 53.4 Å². The minimum absolute atomic E-state index is 0.0521. The molecule has 4 amide bonds. The van der Waals surface area contributed by atoms with Gasteiger partial charge in [0.2, 0.25) is 0 Å². The average Bonchev–Trinajstić information content (AvgIpc) is 3.26. The van der Waals surface area contributed by atoms with Gasteiger partial charge in [0.05, 0.1) is 20.2 Å². The number of amides is 4. The zero-order valence-electron chi connectivity index (χ0n) is 15.9. The second-order valence-corrected chi connectivity index (χ2v) is 7.24. The number of rotatable bonds is 4. The Balaban J connectivity index is 1.49. The van der Waals surface area contributed by atoms with Crippen molar-refractivity contribution >= 4 is 17.8 Å². The fourth-order valence-corrected chi connectivity index (χ4v) is 3.79. The van der Waals surface area contributed by atoms with E-state index in [0.717, 1.165) is 4.90 Å². The molecule has 2 aromatic carbocycles. The van der Waals surface area contributed by atoms with E-state index in [1.807, 2.05) is 0 Å². The molecule has 0 unspecified atom stereocenters. The van der Waals surface area contributed by atoms with Crippen LogP contribution in [0.4, 0.5) is 9.18 Å². The van der Waals surface area contributed by atoms with Crippen LogP contribution in [0.1, 0.15) is 22.3 Å². The van der Waals surface area contributed by atoms with E-state index in [1.165, 1.54) is 31.4 Å². The zero-order valence-corrected chi connectivity index (χ0v) is 15.9. The molecule has 29 heavy (non-hydrogen) atoms. The van der Waals surface area contributed by atoms with Gasteiger partial charge in [-0.05, 0) is 42.3 Å². The third-order valence-corrected chi connectivity index (χ3v) is 5.37. The van der Waals surface area contributed by atoms with Crippen molar-refractivity contribution in [1.29, 1.82) is 0 Å². The number of carbonyl (C=O) groups excluding carboxylic acids is 3. The summed E-state index contributed by atoms with van der Waals surface area (Å²) in [6.07, 6.45) is 0.340. The lowest BCUT2D eigenvalue weighted by molar-refractivity contribution is -0.131. The molecule has 0 saturated carbocycles. The highest BCUT2D eigenvalue weighted by molar-refractivity contribution is 6.08. The largest absolute Gasteiger partial charge is 0.497 e. The number of halogens is 1. The van der Waals surface area contributed by atoms with Crippen LogP contribution in [0.3, 0.4) is 0 Å². The number of benzene rings is 2. The number of nitrogens with zero attached hydrogens (tertiary/aromatic N) is 2. The van der Waals surface area contributed by atoms with E-state index in [-0.39, 0.29) is 30.7 Å². The third kappa shape index (κ3) is 3.41. The second kappa shape index (κ2) is 7.20. The summed E-state index contributed by atoms with van der Waals surface area (Å²) in [5.41, 5.74) is -0.0124. The van der Waals surface area contributed by atoms with Gasteiger partial charge in [0.1, 0.15) is 17.1 Å². The van der Waals surface area contributed by atoms with Crippen molar-refractivity contribution in [2.75, 3.05) is 20.2 Å². The van der Waals surface area contributed by atoms with Crippen molar-refractivity contribution in [3.63, 3.8) is 0 Å². The molecule has 150 valence electrons. The van der Waals surface area contributed by atoms with Gasteiger partial charge in [-0.15, -0.1) is 0 Å². The molecule has 8 heteroatoms. The Morgan fingerprint density at radius 1 is 1.21 bits per heavy atom. The highest BCUT2D eigenvalue weighted by atomic mass is 19.1. The van der Waals surface area contributed by atoms with Crippen molar-refractivity contribution in [2.24, 2.45) is 0 Å². The first kappa shape index (κ1) is 18.9. The van der Waals surface area contributed by atoms with Gasteiger partial charge in [-0.25, -0.2) is 9.18 Å². The molecule has 7 nitrogen and oxygen atoms in total. The minimum atomic E-state index is -1.12. The highest BCUT2D eigenvalue weighted by Crippen LogP contribution is 2.31. The van der Waals surface area contributed by atoms with Crippen LogP contribution in [0, 0.1) is 5.82 Å². The number of hydrogen-bond acceptors (Lipinski definition) is 4. The normalized spacial score (nSPS) is 21.0. The van der Waals surface area contributed by atoms with Gasteiger partial charge in [0.15, 0.2) is 0 Å². The fraction of sp³-hybridized carbons (Fsp3) is 0.286. The Morgan fingerprint density at radius 3 is 2.69 bits per heavy atom. The van der Waals surface area contributed by atoms with Crippen LogP contribution in [0.5, 0.6) is 5.75 Å². The number of hydrogen-bond donors (Lipinski definition) is 1. The van der Waals surface area contributed by atoms with Crippen molar-refractivity contribution in [2.45, 2.75) is 18.5 Å². The molecule has 1 atom stereocenters. The van der Waals surface area contributed by atoms with Crippen LogP contribution in [0.2, 0.25) is 0 Å². The number of nitrogens with one attached hydrogen (secondary N) is 1. The summed E-state index contributed by atoms with van der Waals surface area (Å²) in [6.45, 7) is 0.510. The first-order valence-electron chi connectivity index (χ1n) is 9.24. The summed E-state index contributed by atoms with van der Waals surface area (Å²) in [5, 5.41) is 2.76. The Hall–Kier alpha value is -3.42. The SMILES string of the molecule is COc1cccc(C(=O)N2CC[C@]3(C2)NC(=O)N(Cc2ccc(F)cc2)C3=O)c1. The van der Waals surface area contributed by atoms with Gasteiger partial charge in [-0.1, -0.05) is 18.2 Å². The van der Waals surface area contributed by atoms with E-state index in [0.29, 0.717) is 29.8 Å². The molecule has 2 saturated heterocycles. The number of imide groups is 1. The van der Waals surface area contributed by atoms with E-state index < -0.39 is 11.6 Å². The molecular formula is C21H20FN3O4. The molecule has 0 aliphatic carbocycles. The summed E-state index contributed by atoms with van der Waals surface area (Å²) < 4.78 is 18.3. The second-order valence-electron chi connectivity index (χ2n) is 7.24. The molecule has 1 N–H and O–H groups in total. The summed E-state index contributed by atoms with van der Waals surface area (Å²) in [6, 6.07) is 11.9. The first-order valence-corrected chi connectivity index (χ1v) is 9.24. The topological polar surface area (TPSA) is 79.0 Å². The molecule has 2 heterocycles. The quantitative estimate of drug-likeness (QED) is 0.802. The van der Waals surface area contributed by atoms with E-state index in [4.69, 9.17) is 4.74 Å². The van der Waals surface area contributed by atoms with E-state index >= 15 is 0 Å². The van der Waals surface area contributed by atoms with Gasteiger partial charge < -0.3 is 15.0 Å². The van der Waals surface area contributed by atoms with E-state index in [9.17, 15) is 18.8 Å². The predicted octanol–water partition coefficient (Wildman–Crippen LogP) is 2.17. The van der Waals surface area contributed by atoms with Crippen molar-refractivity contribution in [3.8, 4) is 5.75 Å². The maximum absolute atomic E-state index is 13.1. The average molecular weight is 397 g/mol. The van der Waals surface area contributed by atoms with Gasteiger partial charge in [-0.3, -0.25) is 14.5 Å². The van der Waals surface area contributed by atoms with Crippen LogP contribution >= 0.6 is 0 Å². The molecule has 2 aliphatic rings. The number of urea groups is 1.